The number of hydrogen-bond donors (Lipinski definition) is 2. The van der Waals surface area contributed by atoms with Gasteiger partial charge in [-0.15, -0.1) is 0 Å². The van der Waals surface area contributed by atoms with E-state index in [-0.39, 0.29) is 18.7 Å². The number of anilines is 1. The van der Waals surface area contributed by atoms with E-state index in [4.69, 9.17) is 9.84 Å². The van der Waals surface area contributed by atoms with Crippen LogP contribution in [0.3, 0.4) is 0 Å². The number of aliphatic carboxylic acids is 1. The van der Waals surface area contributed by atoms with Gasteiger partial charge in [-0.3, -0.25) is 9.59 Å². The fourth-order valence-corrected chi connectivity index (χ4v) is 2.14. The fraction of sp³-hybridized carbons (Fsp3) is 0.222. The predicted molar refractivity (Wildman–Crippen MR) is 87.7 cm³/mol. The van der Waals surface area contributed by atoms with Gasteiger partial charge in [0.25, 0.3) is 0 Å². The van der Waals surface area contributed by atoms with E-state index in [1.54, 1.807) is 24.3 Å². The van der Waals surface area contributed by atoms with Crippen molar-refractivity contribution in [1.29, 1.82) is 0 Å². The van der Waals surface area contributed by atoms with E-state index >= 15 is 0 Å². The Morgan fingerprint density at radius 1 is 0.957 bits per heavy atom. The second-order valence-corrected chi connectivity index (χ2v) is 5.07. The molecular formula is C18H19NO4. The van der Waals surface area contributed by atoms with Crippen LogP contribution in [0.15, 0.2) is 48.5 Å². The van der Waals surface area contributed by atoms with Crippen molar-refractivity contribution in [3.8, 4) is 5.75 Å². The molecule has 0 saturated carbocycles. The van der Waals surface area contributed by atoms with Crippen molar-refractivity contribution in [2.45, 2.75) is 19.8 Å². The first kappa shape index (κ1) is 16.5. The van der Waals surface area contributed by atoms with Crippen LogP contribution in [0, 0.1) is 0 Å². The molecule has 23 heavy (non-hydrogen) atoms. The van der Waals surface area contributed by atoms with E-state index in [1.807, 2.05) is 31.2 Å². The molecule has 0 aromatic heterocycles. The van der Waals surface area contributed by atoms with Gasteiger partial charge in [0.2, 0.25) is 5.91 Å². The molecule has 5 heteroatoms. The SMILES string of the molecule is CCOc1ccc(CC(=O)Nc2ccc(CC(=O)O)cc2)cc1. The number of ether oxygens (including phenoxy) is 1. The summed E-state index contributed by atoms with van der Waals surface area (Å²) in [6, 6.07) is 14.2. The first-order valence-electron chi connectivity index (χ1n) is 7.39. The Balaban J connectivity index is 1.90. The van der Waals surface area contributed by atoms with Gasteiger partial charge in [0.1, 0.15) is 5.75 Å². The molecule has 0 fully saturated rings. The molecule has 2 N–H and O–H groups in total. The smallest absolute Gasteiger partial charge is 0.307 e. The molecule has 0 aliphatic rings. The lowest BCUT2D eigenvalue weighted by Gasteiger charge is -2.07. The highest BCUT2D eigenvalue weighted by Crippen LogP contribution is 2.14. The molecule has 0 spiro atoms. The highest BCUT2D eigenvalue weighted by atomic mass is 16.5. The van der Waals surface area contributed by atoms with Crippen LogP contribution in [-0.4, -0.2) is 23.6 Å². The third kappa shape index (κ3) is 5.47. The first-order valence-corrected chi connectivity index (χ1v) is 7.39. The normalized spacial score (nSPS) is 10.1. The van der Waals surface area contributed by atoms with E-state index in [0.29, 0.717) is 17.9 Å². The van der Waals surface area contributed by atoms with Crippen molar-refractivity contribution in [1.82, 2.24) is 0 Å². The Hall–Kier alpha value is -2.82. The molecule has 0 saturated heterocycles. The molecule has 0 aliphatic carbocycles. The molecule has 2 rings (SSSR count). The summed E-state index contributed by atoms with van der Waals surface area (Å²) in [5.41, 5.74) is 2.24. The Bertz CT molecular complexity index is 662. The lowest BCUT2D eigenvalue weighted by atomic mass is 10.1. The van der Waals surface area contributed by atoms with Gasteiger partial charge < -0.3 is 15.2 Å². The number of carboxylic acid groups (broad SMARTS) is 1. The summed E-state index contributed by atoms with van der Waals surface area (Å²) < 4.78 is 5.36. The number of nitrogens with one attached hydrogen (secondary N) is 1. The van der Waals surface area contributed by atoms with Gasteiger partial charge in [0.15, 0.2) is 0 Å². The van der Waals surface area contributed by atoms with Crippen LogP contribution in [0.1, 0.15) is 18.1 Å². The molecule has 0 aliphatic heterocycles. The van der Waals surface area contributed by atoms with Gasteiger partial charge in [-0.05, 0) is 42.3 Å². The van der Waals surface area contributed by atoms with E-state index in [0.717, 1.165) is 11.3 Å². The summed E-state index contributed by atoms with van der Waals surface area (Å²) in [6.45, 7) is 2.53. The number of carbonyl (C=O) groups is 2. The van der Waals surface area contributed by atoms with Gasteiger partial charge in [0, 0.05) is 5.69 Å². The van der Waals surface area contributed by atoms with E-state index in [2.05, 4.69) is 5.32 Å². The average molecular weight is 313 g/mol. The molecule has 1 amide bonds. The fourth-order valence-electron chi connectivity index (χ4n) is 2.14. The third-order valence-electron chi connectivity index (χ3n) is 3.19. The summed E-state index contributed by atoms with van der Waals surface area (Å²) in [4.78, 5) is 22.6. The van der Waals surface area contributed by atoms with Crippen molar-refractivity contribution in [3.63, 3.8) is 0 Å². The van der Waals surface area contributed by atoms with Crippen LogP contribution in [0.2, 0.25) is 0 Å². The van der Waals surface area contributed by atoms with Crippen molar-refractivity contribution < 1.29 is 19.4 Å². The van der Waals surface area contributed by atoms with Crippen LogP contribution in [0.5, 0.6) is 5.75 Å². The Kier molecular flexibility index (Phi) is 5.74. The Morgan fingerprint density at radius 2 is 1.52 bits per heavy atom. The zero-order valence-corrected chi connectivity index (χ0v) is 12.9. The van der Waals surface area contributed by atoms with Crippen LogP contribution in [0.25, 0.3) is 0 Å². The Morgan fingerprint density at radius 3 is 2.09 bits per heavy atom. The standard InChI is InChI=1S/C18H19NO4/c1-2-23-16-9-5-13(6-10-16)11-17(20)19-15-7-3-14(4-8-15)12-18(21)22/h3-10H,2,11-12H2,1H3,(H,19,20)(H,21,22). The number of amides is 1. The maximum atomic E-state index is 12.0. The second-order valence-electron chi connectivity index (χ2n) is 5.07. The molecule has 2 aromatic rings. The lowest BCUT2D eigenvalue weighted by Crippen LogP contribution is -2.14. The molecule has 0 radical (unpaired) electrons. The van der Waals surface area contributed by atoms with Crippen molar-refractivity contribution in [2.24, 2.45) is 0 Å². The number of carboxylic acids is 1. The lowest BCUT2D eigenvalue weighted by molar-refractivity contribution is -0.136. The zero-order valence-electron chi connectivity index (χ0n) is 12.9. The summed E-state index contributed by atoms with van der Waals surface area (Å²) >= 11 is 0. The molecule has 120 valence electrons. The second kappa shape index (κ2) is 7.98. The minimum atomic E-state index is -0.878. The highest BCUT2D eigenvalue weighted by molar-refractivity contribution is 5.92. The quantitative estimate of drug-likeness (QED) is 0.824. The molecule has 2 aromatic carbocycles. The topological polar surface area (TPSA) is 75.6 Å². The number of benzene rings is 2. The molecular weight excluding hydrogens is 294 g/mol. The van der Waals surface area contributed by atoms with Gasteiger partial charge in [-0.2, -0.15) is 0 Å². The van der Waals surface area contributed by atoms with Gasteiger partial charge >= 0.3 is 5.97 Å². The van der Waals surface area contributed by atoms with Crippen molar-refractivity contribution >= 4 is 17.6 Å². The maximum Gasteiger partial charge on any atom is 0.307 e. The monoisotopic (exact) mass is 313 g/mol. The van der Waals surface area contributed by atoms with Crippen molar-refractivity contribution in [2.75, 3.05) is 11.9 Å². The predicted octanol–water partition coefficient (Wildman–Crippen LogP) is 2.89. The number of carbonyl (C=O) groups excluding carboxylic acids is 1. The summed E-state index contributed by atoms with van der Waals surface area (Å²) in [7, 11) is 0. The van der Waals surface area contributed by atoms with E-state index in [9.17, 15) is 9.59 Å². The van der Waals surface area contributed by atoms with E-state index < -0.39 is 5.97 Å². The van der Waals surface area contributed by atoms with Gasteiger partial charge in [0.05, 0.1) is 19.4 Å². The summed E-state index contributed by atoms with van der Waals surface area (Å²) in [5, 5.41) is 11.5. The van der Waals surface area contributed by atoms with Crippen LogP contribution in [-0.2, 0) is 22.4 Å². The van der Waals surface area contributed by atoms with Crippen molar-refractivity contribution in [3.05, 3.63) is 59.7 Å². The minimum Gasteiger partial charge on any atom is -0.494 e. The molecule has 0 atom stereocenters. The first-order chi connectivity index (χ1) is 11.1. The highest BCUT2D eigenvalue weighted by Gasteiger charge is 2.05. The van der Waals surface area contributed by atoms with Crippen LogP contribution < -0.4 is 10.1 Å². The zero-order chi connectivity index (χ0) is 16.7. The molecule has 0 bridgehead atoms. The molecule has 5 nitrogen and oxygen atoms in total. The molecule has 0 heterocycles. The largest absolute Gasteiger partial charge is 0.494 e. The summed E-state index contributed by atoms with van der Waals surface area (Å²) in [5.74, 6) is -0.219. The number of rotatable bonds is 7. The third-order valence-corrected chi connectivity index (χ3v) is 3.19. The van der Waals surface area contributed by atoms with E-state index in [1.165, 1.54) is 0 Å². The van der Waals surface area contributed by atoms with Crippen LogP contribution in [0.4, 0.5) is 5.69 Å². The summed E-state index contributed by atoms with van der Waals surface area (Å²) in [6.07, 6.45) is 0.240. The Labute approximate surface area is 134 Å². The van der Waals surface area contributed by atoms with Gasteiger partial charge in [-0.25, -0.2) is 0 Å². The maximum absolute atomic E-state index is 12.0. The van der Waals surface area contributed by atoms with Crippen LogP contribution >= 0.6 is 0 Å². The minimum absolute atomic E-state index is 0.0274. The van der Waals surface area contributed by atoms with Gasteiger partial charge in [-0.1, -0.05) is 24.3 Å². The average Bonchev–Trinajstić information content (AvgIpc) is 2.51. The number of hydrogen-bond acceptors (Lipinski definition) is 3. The molecule has 0 unspecified atom stereocenters.